The molecule has 0 saturated carbocycles. The number of hydrogen-bond donors (Lipinski definition) is 6. The van der Waals surface area contributed by atoms with E-state index in [1.54, 1.807) is 4.90 Å². The molecule has 0 spiro atoms. The number of halogens is 1. The van der Waals surface area contributed by atoms with E-state index in [0.29, 0.717) is 44.5 Å². The van der Waals surface area contributed by atoms with Crippen LogP contribution >= 0.6 is 12.4 Å². The minimum atomic E-state index is -1.18. The van der Waals surface area contributed by atoms with Crippen LogP contribution in [0.15, 0.2) is 120 Å². The number of piperidine rings is 1. The fraction of sp³-hybridized carbons (Fsp3) is 0.459. The number of benzene rings is 3. The average Bonchev–Trinajstić information content (AvgIpc) is 2.29. The molecule has 25 heteroatoms. The Morgan fingerprint density at radius 3 is 2.06 bits per heavy atom. The number of carboxylic acids is 1. The third-order valence-corrected chi connectivity index (χ3v) is 15.4. The van der Waals surface area contributed by atoms with Gasteiger partial charge >= 0.3 is 12.0 Å². The molecule has 8 rings (SSSR count). The van der Waals surface area contributed by atoms with Crippen LogP contribution in [0.3, 0.4) is 0 Å². The maximum absolute atomic E-state index is 14.3. The van der Waals surface area contributed by atoms with E-state index >= 15 is 0 Å². The molecule has 5 atom stereocenters. The lowest BCUT2D eigenvalue weighted by molar-refractivity contribution is -0.143. The molecule has 7 amide bonds. The highest BCUT2D eigenvalue weighted by Crippen LogP contribution is 2.32. The molecule has 2 aromatic heterocycles. The zero-order valence-corrected chi connectivity index (χ0v) is 48.9. The van der Waals surface area contributed by atoms with E-state index in [2.05, 4.69) is 25.8 Å². The van der Waals surface area contributed by atoms with E-state index in [-0.39, 0.29) is 116 Å². The number of carboxylic acid groups (broad SMARTS) is 1. The van der Waals surface area contributed by atoms with Gasteiger partial charge in [-0.05, 0) is 55.7 Å². The number of amides is 7. The number of carbonyl (C=O) groups is 7. The summed E-state index contributed by atoms with van der Waals surface area (Å²) in [5, 5.41) is 20.2. The van der Waals surface area contributed by atoms with Gasteiger partial charge in [-0.15, -0.1) is 12.4 Å². The summed E-state index contributed by atoms with van der Waals surface area (Å²) in [7, 11) is 0. The zero-order valence-electron chi connectivity index (χ0n) is 48.1. The van der Waals surface area contributed by atoms with Gasteiger partial charge in [-0.25, -0.2) is 4.79 Å². The van der Waals surface area contributed by atoms with Gasteiger partial charge in [0.1, 0.15) is 24.7 Å². The summed E-state index contributed by atoms with van der Waals surface area (Å²) in [5.41, 5.74) is 14.4. The molecule has 3 aliphatic rings. The Labute approximate surface area is 505 Å². The highest BCUT2D eigenvalue weighted by atomic mass is 35.5. The summed E-state index contributed by atoms with van der Waals surface area (Å²) in [6.07, 6.45) is 7.44. The molecule has 5 aromatic rings. The van der Waals surface area contributed by atoms with Gasteiger partial charge in [0.2, 0.25) is 29.5 Å². The molecular weight excluding hydrogens is 1130 g/mol. The van der Waals surface area contributed by atoms with Gasteiger partial charge in [0, 0.05) is 81.0 Å². The van der Waals surface area contributed by atoms with Crippen LogP contribution < -0.4 is 42.8 Å². The third kappa shape index (κ3) is 18.3. The molecule has 3 aliphatic heterocycles. The second kappa shape index (κ2) is 33.1. The number of anilines is 2. The second-order valence-corrected chi connectivity index (χ2v) is 21.2. The van der Waals surface area contributed by atoms with Crippen molar-refractivity contribution in [1.82, 2.24) is 35.3 Å². The van der Waals surface area contributed by atoms with Crippen LogP contribution in [-0.4, -0.2) is 182 Å². The fourth-order valence-corrected chi connectivity index (χ4v) is 11.1. The number of aromatic nitrogens is 2. The summed E-state index contributed by atoms with van der Waals surface area (Å²) >= 11 is 0. The number of hydrogen-bond acceptors (Lipinski definition) is 15. The first kappa shape index (κ1) is 65.5. The molecule has 0 aliphatic carbocycles. The van der Waals surface area contributed by atoms with Gasteiger partial charge in [-0.1, -0.05) is 84.9 Å². The predicted octanol–water partition coefficient (Wildman–Crippen LogP) is 2.98. The van der Waals surface area contributed by atoms with Crippen molar-refractivity contribution in [3.63, 3.8) is 0 Å². The van der Waals surface area contributed by atoms with Crippen molar-refractivity contribution in [2.24, 2.45) is 17.4 Å². The first-order chi connectivity index (χ1) is 41.2. The standard InChI is InChI=1S/C61H77N11O13.ClH/c62-49-40-69(26-23-46-17-20-51(72(46)60(49)80)58(78)66-50(19-21-53(63)73)57(77)67-56(42-10-3-1-4-11-42)43-12-5-2-6-13-43)61(81)65-24-28-82-30-32-84-34-35-85-33-31-83-29-27-71(47-18-22-54(74)70(39-47)41-55(75)76)59(79)45-15-9-25-68(38-45)52-37-64-36-44-14-7-8-16-48(44)52;/h1-8,10-14,16,18,22,36-37,39,45-46,49-51,56H,9,15,17,19-21,23-35,38,40-41,62H2,(H2,63,73)(H,65,81)(H,66,78)(H,67,77)(H,75,76);1H/t45-,46+,49-,50-,51-;/m0./s1. The largest absolute Gasteiger partial charge is 0.480 e. The Morgan fingerprint density at radius 2 is 1.38 bits per heavy atom. The molecule has 86 heavy (non-hydrogen) atoms. The number of urea groups is 1. The van der Waals surface area contributed by atoms with Crippen molar-refractivity contribution in [1.29, 1.82) is 0 Å². The average molecular weight is 1210 g/mol. The number of carbonyl (C=O) groups excluding carboxylic acids is 6. The van der Waals surface area contributed by atoms with Gasteiger partial charge in [0.05, 0.1) is 82.4 Å². The minimum absolute atomic E-state index is 0. The molecule has 462 valence electrons. The maximum atomic E-state index is 14.3. The summed E-state index contributed by atoms with van der Waals surface area (Å²) in [4.78, 5) is 117. The Balaban J connectivity index is 0.0000106. The van der Waals surface area contributed by atoms with Crippen LogP contribution in [0.5, 0.6) is 0 Å². The zero-order chi connectivity index (χ0) is 60.1. The van der Waals surface area contributed by atoms with Crippen LogP contribution in [-0.2, 0) is 54.3 Å². The number of fused-ring (bicyclic) bond motifs is 2. The molecule has 3 fully saturated rings. The molecule has 5 heterocycles. The van der Waals surface area contributed by atoms with Crippen LogP contribution in [0.25, 0.3) is 10.8 Å². The molecule has 0 radical (unpaired) electrons. The lowest BCUT2D eigenvalue weighted by atomic mass is 9.95. The van der Waals surface area contributed by atoms with Crippen LogP contribution in [0.1, 0.15) is 62.1 Å². The van der Waals surface area contributed by atoms with Crippen molar-refractivity contribution in [2.45, 2.75) is 81.7 Å². The van der Waals surface area contributed by atoms with Crippen LogP contribution in [0, 0.1) is 5.92 Å². The number of ether oxygens (including phenoxy) is 4. The molecule has 3 saturated heterocycles. The third-order valence-electron chi connectivity index (χ3n) is 15.4. The normalized spacial score (nSPS) is 18.1. The number of primary amides is 1. The second-order valence-electron chi connectivity index (χ2n) is 21.2. The van der Waals surface area contributed by atoms with E-state index in [9.17, 15) is 43.5 Å². The Hall–Kier alpha value is -8.00. The topological polar surface area (TPSA) is 313 Å². The SMILES string of the molecule is Cl.NC(=O)CC[C@H](NC(=O)[C@@H]1CC[C@@H]2CCN(C(=O)NCCOCCOCCOCCOCCN(C(=O)[C@H]3CCCN(c4cncc5ccccc45)C3)c3ccc(=O)n(CC(=O)O)c3)C[C@H](N)C(=O)N21)C(=O)NC(c1ccccc1)c1ccccc1. The number of nitrogens with two attached hydrogens (primary N) is 2. The van der Waals surface area contributed by atoms with Gasteiger partial charge < -0.3 is 75.6 Å². The van der Waals surface area contributed by atoms with E-state index in [1.807, 2.05) is 97.3 Å². The highest BCUT2D eigenvalue weighted by Gasteiger charge is 2.45. The number of pyridine rings is 2. The molecule has 3 aromatic carbocycles. The number of rotatable bonds is 29. The smallest absolute Gasteiger partial charge is 0.323 e. The Kier molecular flexibility index (Phi) is 25.2. The monoisotopic (exact) mass is 1210 g/mol. The first-order valence-electron chi connectivity index (χ1n) is 29.0. The first-order valence-corrected chi connectivity index (χ1v) is 29.0. The van der Waals surface area contributed by atoms with Crippen molar-refractivity contribution in [3.05, 3.63) is 137 Å². The van der Waals surface area contributed by atoms with Crippen LogP contribution in [0.4, 0.5) is 16.2 Å². The lowest BCUT2D eigenvalue weighted by Gasteiger charge is -2.37. The fourth-order valence-electron chi connectivity index (χ4n) is 11.1. The number of nitrogens with zero attached hydrogens (tertiary/aromatic N) is 6. The quantitative estimate of drug-likeness (QED) is 0.0375. The summed E-state index contributed by atoms with van der Waals surface area (Å²) in [6, 6.07) is 25.0. The number of aliphatic carboxylic acids is 1. The van der Waals surface area contributed by atoms with E-state index in [1.165, 1.54) is 28.1 Å². The molecule has 24 nitrogen and oxygen atoms in total. The maximum Gasteiger partial charge on any atom is 0.323 e. The van der Waals surface area contributed by atoms with E-state index in [0.717, 1.165) is 45.1 Å². The lowest BCUT2D eigenvalue weighted by Crippen LogP contribution is -2.61. The van der Waals surface area contributed by atoms with Gasteiger partial charge in [0.15, 0.2) is 0 Å². The molecule has 0 bridgehead atoms. The Morgan fingerprint density at radius 1 is 0.733 bits per heavy atom. The summed E-state index contributed by atoms with van der Waals surface area (Å²) in [5.74, 6) is -3.91. The van der Waals surface area contributed by atoms with Gasteiger partial charge in [0.25, 0.3) is 5.56 Å². The summed E-state index contributed by atoms with van der Waals surface area (Å²) < 4.78 is 23.9. The van der Waals surface area contributed by atoms with Gasteiger partial charge in [-0.3, -0.25) is 38.5 Å². The van der Waals surface area contributed by atoms with Crippen molar-refractivity contribution in [3.8, 4) is 0 Å². The molecular formula is C61H78ClN11O13. The van der Waals surface area contributed by atoms with E-state index in [4.69, 9.17) is 30.4 Å². The predicted molar refractivity (Wildman–Crippen MR) is 322 cm³/mol. The molecule has 8 N–H and O–H groups in total. The molecule has 0 unspecified atom stereocenters. The summed E-state index contributed by atoms with van der Waals surface area (Å²) in [6.45, 7) is 3.16. The highest BCUT2D eigenvalue weighted by molar-refractivity contribution is 5.97. The number of nitrogens with one attached hydrogen (secondary N) is 3. The van der Waals surface area contributed by atoms with E-state index < -0.39 is 71.9 Å². The van der Waals surface area contributed by atoms with Crippen molar-refractivity contribution in [2.75, 3.05) is 102 Å². The van der Waals surface area contributed by atoms with Crippen molar-refractivity contribution < 1.29 is 57.6 Å². The van der Waals surface area contributed by atoms with Crippen LogP contribution in [0.2, 0.25) is 0 Å². The van der Waals surface area contributed by atoms with Crippen molar-refractivity contribution >= 4 is 76.1 Å². The Bertz CT molecular complexity index is 3080. The minimum Gasteiger partial charge on any atom is -0.480 e. The van der Waals surface area contributed by atoms with Gasteiger partial charge in [-0.2, -0.15) is 0 Å².